The Labute approximate surface area is 151 Å². The molecule has 0 saturated carbocycles. The molecule has 1 aliphatic rings. The molecule has 0 aliphatic carbocycles. The molecule has 0 bridgehead atoms. The highest BCUT2D eigenvalue weighted by Gasteiger charge is 2.31. The van der Waals surface area contributed by atoms with Crippen LogP contribution in [0.3, 0.4) is 0 Å². The van der Waals surface area contributed by atoms with E-state index < -0.39 is 10.0 Å². The summed E-state index contributed by atoms with van der Waals surface area (Å²) in [5.74, 6) is -0.296. The molecule has 3 rings (SSSR count). The van der Waals surface area contributed by atoms with Crippen LogP contribution in [0.25, 0.3) is 0 Å². The van der Waals surface area contributed by atoms with Gasteiger partial charge in [-0.15, -0.1) is 0 Å². The largest absolute Gasteiger partial charge is 0.395 e. The number of nitrogens with one attached hydrogen (secondary N) is 1. The van der Waals surface area contributed by atoms with Crippen molar-refractivity contribution in [3.63, 3.8) is 0 Å². The Morgan fingerprint density at radius 1 is 1.20 bits per heavy atom. The number of rotatable bonds is 5. The summed E-state index contributed by atoms with van der Waals surface area (Å²) >= 11 is 5.82. The normalized spacial score (nSPS) is 13.6. The number of hydrogen-bond donors (Lipinski definition) is 2. The molecular weight excluding hydrogens is 364 g/mol. The lowest BCUT2D eigenvalue weighted by Crippen LogP contribution is -2.29. The van der Waals surface area contributed by atoms with Gasteiger partial charge in [0.1, 0.15) is 0 Å². The predicted octanol–water partition coefficient (Wildman–Crippen LogP) is 1.81. The highest BCUT2D eigenvalue weighted by atomic mass is 35.5. The average molecular weight is 381 g/mol. The lowest BCUT2D eigenvalue weighted by atomic mass is 10.1. The number of fused-ring (bicyclic) bond motifs is 1. The first-order valence-electron chi connectivity index (χ1n) is 7.74. The fourth-order valence-electron chi connectivity index (χ4n) is 2.77. The molecule has 0 saturated heterocycles. The van der Waals surface area contributed by atoms with Crippen molar-refractivity contribution in [2.24, 2.45) is 0 Å². The lowest BCUT2D eigenvalue weighted by Gasteiger charge is -2.19. The van der Waals surface area contributed by atoms with Crippen LogP contribution in [0.15, 0.2) is 47.4 Å². The Bertz CT molecular complexity index is 897. The highest BCUT2D eigenvalue weighted by molar-refractivity contribution is 7.92. The third kappa shape index (κ3) is 3.49. The van der Waals surface area contributed by atoms with Crippen molar-refractivity contribution < 1.29 is 18.3 Å². The average Bonchev–Trinajstić information content (AvgIpc) is 3.04. The van der Waals surface area contributed by atoms with E-state index >= 15 is 0 Å². The fraction of sp³-hybridized carbons (Fsp3) is 0.235. The quantitative estimate of drug-likeness (QED) is 0.828. The minimum atomic E-state index is -3.68. The topological polar surface area (TPSA) is 86.7 Å². The highest BCUT2D eigenvalue weighted by Crippen LogP contribution is 2.33. The van der Waals surface area contributed by atoms with Gasteiger partial charge in [-0.1, -0.05) is 11.6 Å². The predicted molar refractivity (Wildman–Crippen MR) is 95.5 cm³/mol. The third-order valence-corrected chi connectivity index (χ3v) is 6.07. The molecule has 132 valence electrons. The molecular formula is C17H17ClN2O4S. The van der Waals surface area contributed by atoms with Gasteiger partial charge in [0.05, 0.1) is 17.2 Å². The van der Waals surface area contributed by atoms with E-state index in [-0.39, 0.29) is 24.0 Å². The van der Waals surface area contributed by atoms with Gasteiger partial charge in [-0.05, 0) is 54.4 Å². The summed E-state index contributed by atoms with van der Waals surface area (Å²) in [6.45, 7) is 0.360. The van der Waals surface area contributed by atoms with E-state index in [1.165, 1.54) is 16.4 Å². The van der Waals surface area contributed by atoms with E-state index in [1.54, 1.807) is 30.3 Å². The summed E-state index contributed by atoms with van der Waals surface area (Å²) in [7, 11) is -3.68. The van der Waals surface area contributed by atoms with Crippen molar-refractivity contribution >= 4 is 33.2 Å². The number of anilines is 1. The zero-order valence-corrected chi connectivity index (χ0v) is 14.8. The molecule has 0 atom stereocenters. The summed E-state index contributed by atoms with van der Waals surface area (Å²) in [4.78, 5) is 12.1. The van der Waals surface area contributed by atoms with Crippen LogP contribution in [0.1, 0.15) is 15.9 Å². The van der Waals surface area contributed by atoms with E-state index in [0.29, 0.717) is 29.2 Å². The summed E-state index contributed by atoms with van der Waals surface area (Å²) < 4.78 is 27.0. The number of benzene rings is 2. The van der Waals surface area contributed by atoms with E-state index in [0.717, 1.165) is 5.56 Å². The van der Waals surface area contributed by atoms with Gasteiger partial charge in [-0.2, -0.15) is 0 Å². The molecule has 8 heteroatoms. The molecule has 0 radical (unpaired) electrons. The second-order valence-corrected chi connectivity index (χ2v) is 7.90. The van der Waals surface area contributed by atoms with Crippen LogP contribution in [0.5, 0.6) is 0 Å². The molecule has 1 aliphatic heterocycles. The van der Waals surface area contributed by atoms with E-state index in [2.05, 4.69) is 5.32 Å². The Morgan fingerprint density at radius 2 is 1.92 bits per heavy atom. The molecule has 0 fully saturated rings. The third-order valence-electron chi connectivity index (χ3n) is 3.99. The maximum atomic E-state index is 12.8. The number of halogens is 1. The number of aliphatic hydroxyl groups excluding tert-OH is 1. The van der Waals surface area contributed by atoms with Crippen LogP contribution in [0.2, 0.25) is 5.02 Å². The smallest absolute Gasteiger partial charge is 0.264 e. The monoisotopic (exact) mass is 380 g/mol. The maximum Gasteiger partial charge on any atom is 0.264 e. The second kappa shape index (κ2) is 7.03. The van der Waals surface area contributed by atoms with E-state index in [4.69, 9.17) is 16.7 Å². The van der Waals surface area contributed by atoms with Gasteiger partial charge >= 0.3 is 0 Å². The van der Waals surface area contributed by atoms with Crippen LogP contribution in [-0.4, -0.2) is 39.1 Å². The molecule has 1 heterocycles. The first kappa shape index (κ1) is 17.7. The number of nitrogens with zero attached hydrogens (tertiary/aromatic N) is 1. The minimum Gasteiger partial charge on any atom is -0.395 e. The van der Waals surface area contributed by atoms with E-state index in [9.17, 15) is 13.2 Å². The van der Waals surface area contributed by atoms with Gasteiger partial charge < -0.3 is 10.4 Å². The number of carbonyl (C=O) groups is 1. The van der Waals surface area contributed by atoms with Crippen molar-refractivity contribution in [2.75, 3.05) is 24.0 Å². The van der Waals surface area contributed by atoms with Crippen LogP contribution >= 0.6 is 11.6 Å². The number of amides is 1. The summed E-state index contributed by atoms with van der Waals surface area (Å²) in [5, 5.41) is 11.8. The van der Waals surface area contributed by atoms with Gasteiger partial charge in [-0.3, -0.25) is 9.10 Å². The van der Waals surface area contributed by atoms with E-state index in [1.807, 2.05) is 0 Å². The molecule has 2 aromatic rings. The second-order valence-electron chi connectivity index (χ2n) is 5.60. The summed E-state index contributed by atoms with van der Waals surface area (Å²) in [5.41, 5.74) is 1.82. The molecule has 2 aromatic carbocycles. The van der Waals surface area contributed by atoms with Crippen molar-refractivity contribution in [1.82, 2.24) is 5.32 Å². The standard InChI is InChI=1S/C17H17ClN2O4S/c18-14-2-4-15(5-3-14)25(23,24)20-9-7-12-11-13(1-6-16(12)20)17(22)19-8-10-21/h1-6,11,21H,7-10H2,(H,19,22). The first-order chi connectivity index (χ1) is 11.9. The van der Waals surface area contributed by atoms with Crippen LogP contribution in [0.4, 0.5) is 5.69 Å². The zero-order chi connectivity index (χ0) is 18.0. The Kier molecular flexibility index (Phi) is 4.99. The first-order valence-corrected chi connectivity index (χ1v) is 9.55. The molecule has 2 N–H and O–H groups in total. The van der Waals surface area contributed by atoms with Crippen molar-refractivity contribution in [2.45, 2.75) is 11.3 Å². The Balaban J connectivity index is 1.89. The zero-order valence-electron chi connectivity index (χ0n) is 13.3. The maximum absolute atomic E-state index is 12.8. The number of carbonyl (C=O) groups excluding carboxylic acids is 1. The summed E-state index contributed by atoms with van der Waals surface area (Å²) in [6.07, 6.45) is 0.531. The number of sulfonamides is 1. The SMILES string of the molecule is O=C(NCCO)c1ccc2c(c1)CCN2S(=O)(=O)c1ccc(Cl)cc1. The minimum absolute atomic E-state index is 0.135. The lowest BCUT2D eigenvalue weighted by molar-refractivity contribution is 0.0944. The van der Waals surface area contributed by atoms with Gasteiger partial charge in [0.25, 0.3) is 15.9 Å². The van der Waals surface area contributed by atoms with Crippen molar-refractivity contribution in [1.29, 1.82) is 0 Å². The Morgan fingerprint density at radius 3 is 2.60 bits per heavy atom. The van der Waals surface area contributed by atoms with Gasteiger partial charge in [0.2, 0.25) is 0 Å². The van der Waals surface area contributed by atoms with Crippen molar-refractivity contribution in [3.05, 3.63) is 58.6 Å². The van der Waals surface area contributed by atoms with Crippen LogP contribution in [0, 0.1) is 0 Å². The molecule has 0 spiro atoms. The van der Waals surface area contributed by atoms with Gasteiger partial charge in [0, 0.05) is 23.7 Å². The van der Waals surface area contributed by atoms with Gasteiger partial charge in [-0.25, -0.2) is 8.42 Å². The molecule has 25 heavy (non-hydrogen) atoms. The Hall–Kier alpha value is -2.09. The molecule has 0 unspecified atom stereocenters. The van der Waals surface area contributed by atoms with Gasteiger partial charge in [0.15, 0.2) is 0 Å². The fourth-order valence-corrected chi connectivity index (χ4v) is 4.40. The van der Waals surface area contributed by atoms with Crippen LogP contribution in [-0.2, 0) is 16.4 Å². The number of aliphatic hydroxyl groups is 1. The molecule has 0 aromatic heterocycles. The molecule has 1 amide bonds. The van der Waals surface area contributed by atoms with Crippen LogP contribution < -0.4 is 9.62 Å². The molecule has 6 nitrogen and oxygen atoms in total. The summed E-state index contributed by atoms with van der Waals surface area (Å²) in [6, 6.07) is 11.0. The number of hydrogen-bond acceptors (Lipinski definition) is 4. The van der Waals surface area contributed by atoms with Crippen molar-refractivity contribution in [3.8, 4) is 0 Å².